The Balaban J connectivity index is 2.03. The molecule has 3 aromatic heterocycles. The number of furan rings is 1. The summed E-state index contributed by atoms with van der Waals surface area (Å²) in [5, 5.41) is 9.31. The van der Waals surface area contributed by atoms with E-state index in [-0.39, 0.29) is 0 Å². The van der Waals surface area contributed by atoms with Crippen molar-refractivity contribution in [3.8, 4) is 22.0 Å². The van der Waals surface area contributed by atoms with Gasteiger partial charge in [-0.3, -0.25) is 5.10 Å². The normalized spacial score (nSPS) is 10.8. The van der Waals surface area contributed by atoms with Crippen LogP contribution in [0.25, 0.3) is 22.0 Å². The van der Waals surface area contributed by atoms with Crippen molar-refractivity contribution in [2.24, 2.45) is 0 Å². The van der Waals surface area contributed by atoms with Crippen molar-refractivity contribution in [3.63, 3.8) is 0 Å². The molecule has 0 aliphatic heterocycles. The van der Waals surface area contributed by atoms with E-state index in [4.69, 9.17) is 10.2 Å². The maximum Gasteiger partial charge on any atom is 0.153 e. The van der Waals surface area contributed by atoms with Crippen molar-refractivity contribution >= 4 is 17.2 Å². The summed E-state index contributed by atoms with van der Waals surface area (Å²) in [4.78, 5) is 4.44. The lowest BCUT2D eigenvalue weighted by Crippen LogP contribution is -1.87. The molecule has 80 valence electrons. The van der Waals surface area contributed by atoms with Crippen LogP contribution in [0.1, 0.15) is 0 Å². The third-order valence-corrected chi connectivity index (χ3v) is 3.05. The molecule has 3 heterocycles. The minimum absolute atomic E-state index is 0.528. The molecule has 16 heavy (non-hydrogen) atoms. The third kappa shape index (κ3) is 1.40. The van der Waals surface area contributed by atoms with Crippen molar-refractivity contribution in [1.82, 2.24) is 15.2 Å². The fourth-order valence-electron chi connectivity index (χ4n) is 1.40. The summed E-state index contributed by atoms with van der Waals surface area (Å²) in [5.74, 6) is 1.28. The van der Waals surface area contributed by atoms with Crippen molar-refractivity contribution in [1.29, 1.82) is 0 Å². The van der Waals surface area contributed by atoms with Crippen LogP contribution < -0.4 is 5.73 Å². The fraction of sp³-hybridized carbons (Fsp3) is 0. The van der Waals surface area contributed by atoms with E-state index in [9.17, 15) is 0 Å². The molecule has 0 spiro atoms. The number of anilines is 1. The highest BCUT2D eigenvalue weighted by Crippen LogP contribution is 2.30. The van der Waals surface area contributed by atoms with Gasteiger partial charge in [0.25, 0.3) is 0 Å². The average Bonchev–Trinajstić information content (AvgIpc) is 2.96. The molecule has 0 fully saturated rings. The molecule has 6 heteroatoms. The predicted octanol–water partition coefficient (Wildman–Crippen LogP) is 2.38. The number of nitrogens with one attached hydrogen (secondary N) is 1. The lowest BCUT2D eigenvalue weighted by Gasteiger charge is -1.91. The van der Waals surface area contributed by atoms with E-state index >= 15 is 0 Å². The molecule has 0 aliphatic rings. The molecule has 0 atom stereocenters. The second-order valence-corrected chi connectivity index (χ2v) is 4.07. The summed E-state index contributed by atoms with van der Waals surface area (Å²) in [6.45, 7) is 0. The van der Waals surface area contributed by atoms with Gasteiger partial charge in [0, 0.05) is 5.38 Å². The molecule has 0 radical (unpaired) electrons. The average molecular weight is 232 g/mol. The second-order valence-electron chi connectivity index (χ2n) is 3.21. The van der Waals surface area contributed by atoms with Gasteiger partial charge in [0.2, 0.25) is 0 Å². The summed E-state index contributed by atoms with van der Waals surface area (Å²) < 4.78 is 5.27. The molecule has 3 aromatic rings. The predicted molar refractivity (Wildman–Crippen MR) is 61.8 cm³/mol. The van der Waals surface area contributed by atoms with Crippen molar-refractivity contribution in [2.45, 2.75) is 0 Å². The largest absolute Gasteiger partial charge is 0.463 e. The Morgan fingerprint density at radius 2 is 2.38 bits per heavy atom. The summed E-state index contributed by atoms with van der Waals surface area (Å²) in [7, 11) is 0. The van der Waals surface area contributed by atoms with E-state index in [1.54, 1.807) is 12.5 Å². The van der Waals surface area contributed by atoms with E-state index in [0.717, 1.165) is 22.0 Å². The zero-order valence-electron chi connectivity index (χ0n) is 8.18. The number of H-pyrrole nitrogens is 1. The molecule has 5 nitrogen and oxygen atoms in total. The first-order valence-electron chi connectivity index (χ1n) is 4.63. The number of nitrogens with two attached hydrogens (primary N) is 1. The van der Waals surface area contributed by atoms with Gasteiger partial charge in [-0.1, -0.05) is 0 Å². The number of hydrogen-bond donors (Lipinski definition) is 2. The van der Waals surface area contributed by atoms with Crippen LogP contribution in [0.4, 0.5) is 5.82 Å². The minimum atomic E-state index is 0.528. The first-order valence-corrected chi connectivity index (χ1v) is 5.51. The van der Waals surface area contributed by atoms with Crippen LogP contribution in [-0.2, 0) is 0 Å². The van der Waals surface area contributed by atoms with Gasteiger partial charge in [-0.2, -0.15) is 5.10 Å². The SMILES string of the molecule is Nc1[nH]ncc1-c1nc(-c2ccco2)cs1. The van der Waals surface area contributed by atoms with Crippen molar-refractivity contribution < 1.29 is 4.42 Å². The number of thiazole rings is 1. The molecule has 0 unspecified atom stereocenters. The van der Waals surface area contributed by atoms with E-state index in [1.807, 2.05) is 17.5 Å². The number of rotatable bonds is 2. The maximum absolute atomic E-state index is 5.73. The van der Waals surface area contributed by atoms with Crippen molar-refractivity contribution in [3.05, 3.63) is 30.0 Å². The van der Waals surface area contributed by atoms with E-state index < -0.39 is 0 Å². The lowest BCUT2D eigenvalue weighted by atomic mass is 10.3. The zero-order chi connectivity index (χ0) is 11.0. The maximum atomic E-state index is 5.73. The fourth-order valence-corrected chi connectivity index (χ4v) is 2.23. The molecule has 0 bridgehead atoms. The van der Waals surface area contributed by atoms with E-state index in [2.05, 4.69) is 15.2 Å². The Kier molecular flexibility index (Phi) is 2.00. The topological polar surface area (TPSA) is 80.7 Å². The monoisotopic (exact) mass is 232 g/mol. The van der Waals surface area contributed by atoms with E-state index in [1.165, 1.54) is 11.3 Å². The van der Waals surface area contributed by atoms with Gasteiger partial charge in [-0.25, -0.2) is 4.98 Å². The summed E-state index contributed by atoms with van der Waals surface area (Å²) in [6, 6.07) is 3.71. The first kappa shape index (κ1) is 9.17. The van der Waals surface area contributed by atoms with Crippen LogP contribution in [0.3, 0.4) is 0 Å². The van der Waals surface area contributed by atoms with Gasteiger partial charge in [-0.15, -0.1) is 11.3 Å². The molecular formula is C10H8N4OS. The Morgan fingerprint density at radius 1 is 1.44 bits per heavy atom. The van der Waals surface area contributed by atoms with Gasteiger partial charge in [0.05, 0.1) is 18.0 Å². The van der Waals surface area contributed by atoms with Crippen LogP contribution >= 0.6 is 11.3 Å². The van der Waals surface area contributed by atoms with Gasteiger partial charge >= 0.3 is 0 Å². The molecule has 0 aliphatic carbocycles. The molecule has 3 rings (SSSR count). The van der Waals surface area contributed by atoms with Gasteiger partial charge in [0.1, 0.15) is 16.5 Å². The lowest BCUT2D eigenvalue weighted by molar-refractivity contribution is 0.580. The van der Waals surface area contributed by atoms with Gasteiger partial charge in [-0.05, 0) is 12.1 Å². The molecule has 3 N–H and O–H groups in total. The standard InChI is InChI=1S/C10H8N4OS/c11-9-6(4-12-14-9)10-13-7(5-16-10)8-2-1-3-15-8/h1-5H,(H3,11,12,14). The minimum Gasteiger partial charge on any atom is -0.463 e. The smallest absolute Gasteiger partial charge is 0.153 e. The Hall–Kier alpha value is -2.08. The van der Waals surface area contributed by atoms with Crippen LogP contribution in [-0.4, -0.2) is 15.2 Å². The highest BCUT2D eigenvalue weighted by atomic mass is 32.1. The van der Waals surface area contributed by atoms with Crippen molar-refractivity contribution in [2.75, 3.05) is 5.73 Å². The van der Waals surface area contributed by atoms with E-state index in [0.29, 0.717) is 5.82 Å². The summed E-state index contributed by atoms with van der Waals surface area (Å²) in [5.41, 5.74) is 7.36. The number of aromatic nitrogens is 3. The highest BCUT2D eigenvalue weighted by Gasteiger charge is 2.11. The number of nitrogen functional groups attached to an aromatic ring is 1. The molecule has 0 aromatic carbocycles. The summed E-state index contributed by atoms with van der Waals surface area (Å²) in [6.07, 6.45) is 3.29. The van der Waals surface area contributed by atoms with Gasteiger partial charge < -0.3 is 10.2 Å². The van der Waals surface area contributed by atoms with Crippen LogP contribution in [0.2, 0.25) is 0 Å². The second kappa shape index (κ2) is 3.49. The van der Waals surface area contributed by atoms with Crippen LogP contribution in [0, 0.1) is 0 Å². The Bertz CT molecular complexity index is 596. The Labute approximate surface area is 94.9 Å². The Morgan fingerprint density at radius 3 is 3.06 bits per heavy atom. The number of aromatic amines is 1. The van der Waals surface area contributed by atoms with Crippen LogP contribution in [0.5, 0.6) is 0 Å². The summed E-state index contributed by atoms with van der Waals surface area (Å²) >= 11 is 1.51. The molecule has 0 amide bonds. The van der Waals surface area contributed by atoms with Crippen LogP contribution in [0.15, 0.2) is 34.4 Å². The first-order chi connectivity index (χ1) is 7.84. The highest BCUT2D eigenvalue weighted by molar-refractivity contribution is 7.13. The third-order valence-electron chi connectivity index (χ3n) is 2.18. The quantitative estimate of drug-likeness (QED) is 0.710. The molecule has 0 saturated carbocycles. The molecule has 0 saturated heterocycles. The molecular weight excluding hydrogens is 224 g/mol. The zero-order valence-corrected chi connectivity index (χ0v) is 8.99. The number of hydrogen-bond acceptors (Lipinski definition) is 5. The number of nitrogens with zero attached hydrogens (tertiary/aromatic N) is 2. The van der Waals surface area contributed by atoms with Gasteiger partial charge in [0.15, 0.2) is 5.76 Å².